The number of carboxylic acid groups (broad SMARTS) is 1. The number of likely N-dealkylation sites (tertiary alicyclic amines) is 1. The van der Waals surface area contributed by atoms with Crippen molar-refractivity contribution in [1.82, 2.24) is 52.1 Å². The Kier molecular flexibility index (Phi) is 22.4. The number of aliphatic carboxylic acids is 1. The maximum absolute atomic E-state index is 14.5. The first-order valence-electron chi connectivity index (χ1n) is 24.1. The number of likely N-dealkylation sites (N-methyl/N-ethyl adjacent to an activating group) is 1. The van der Waals surface area contributed by atoms with E-state index in [0.29, 0.717) is 36.1 Å². The average molecular weight is 1000 g/mol. The first-order chi connectivity index (χ1) is 34.3. The molecule has 3 aromatic rings. The van der Waals surface area contributed by atoms with Crippen molar-refractivity contribution in [1.29, 1.82) is 0 Å². The minimum atomic E-state index is -1.35. The number of carbonyl (C=O) groups is 8. The Morgan fingerprint density at radius 3 is 2.01 bits per heavy atom. The number of carbonyl (C=O) groups excluding carboxylic acids is 7. The fourth-order valence-electron chi connectivity index (χ4n) is 8.16. The van der Waals surface area contributed by atoms with Crippen molar-refractivity contribution < 1.29 is 48.6 Å². The number of amides is 7. The number of nitrogens with two attached hydrogens (primary N) is 2. The van der Waals surface area contributed by atoms with E-state index in [2.05, 4.69) is 52.2 Å². The molecule has 0 spiro atoms. The van der Waals surface area contributed by atoms with Gasteiger partial charge in [-0.05, 0) is 67.8 Å². The topological polar surface area (TPSA) is 358 Å². The number of benzene rings is 2. The number of guanidine groups is 1. The van der Waals surface area contributed by atoms with Crippen LogP contribution in [0.15, 0.2) is 72.1 Å². The third-order valence-corrected chi connectivity index (χ3v) is 12.3. The highest BCUT2D eigenvalue weighted by molar-refractivity contribution is 5.98. The van der Waals surface area contributed by atoms with Crippen LogP contribution in [0.3, 0.4) is 0 Å². The van der Waals surface area contributed by atoms with Gasteiger partial charge in [-0.15, -0.1) is 0 Å². The lowest BCUT2D eigenvalue weighted by molar-refractivity contribution is -0.145. The molecule has 0 radical (unpaired) electrons. The van der Waals surface area contributed by atoms with Crippen LogP contribution in [-0.4, -0.2) is 147 Å². The molecule has 0 saturated carbocycles. The Labute approximate surface area is 418 Å². The zero-order valence-electron chi connectivity index (χ0n) is 41.5. The predicted octanol–water partition coefficient (Wildman–Crippen LogP) is -0.897. The van der Waals surface area contributed by atoms with E-state index >= 15 is 0 Å². The summed E-state index contributed by atoms with van der Waals surface area (Å²) in [5.41, 5.74) is 12.6. The van der Waals surface area contributed by atoms with Gasteiger partial charge in [0.15, 0.2) is 5.96 Å². The molecule has 23 heteroatoms. The summed E-state index contributed by atoms with van der Waals surface area (Å²) in [6, 6.07) is 6.24. The molecule has 72 heavy (non-hydrogen) atoms. The fraction of sp³-hybridized carbons (Fsp3) is 0.510. The van der Waals surface area contributed by atoms with Crippen molar-refractivity contribution in [2.45, 2.75) is 121 Å². The van der Waals surface area contributed by atoms with Gasteiger partial charge in [0.25, 0.3) is 0 Å². The number of aromatic amines is 1. The number of imidazole rings is 1. The Morgan fingerprint density at radius 1 is 0.778 bits per heavy atom. The quantitative estimate of drug-likeness (QED) is 0.0239. The summed E-state index contributed by atoms with van der Waals surface area (Å²) in [4.78, 5) is 122. The third-order valence-electron chi connectivity index (χ3n) is 12.3. The summed E-state index contributed by atoms with van der Waals surface area (Å²) in [6.07, 6.45) is 4.20. The van der Waals surface area contributed by atoms with E-state index in [4.69, 9.17) is 11.5 Å². The van der Waals surface area contributed by atoms with Crippen molar-refractivity contribution in [3.05, 3.63) is 83.9 Å². The Balaban J connectivity index is 1.58. The molecule has 4 rings (SSSR count). The molecular formula is C49H71N13O10. The molecule has 1 fully saturated rings. The van der Waals surface area contributed by atoms with E-state index < -0.39 is 101 Å². The summed E-state index contributed by atoms with van der Waals surface area (Å²) in [6.45, 7) is 7.15. The van der Waals surface area contributed by atoms with Crippen LogP contribution in [0.25, 0.3) is 0 Å². The van der Waals surface area contributed by atoms with E-state index in [9.17, 15) is 48.6 Å². The standard InChI is InChI=1S/C49H71N13O10/c1-6-29(4)41(46(69)58-36(24-32-25-53-27-55-32)47(70)62-21-11-15-38(62)44(67)59-37(48(71)72)23-30-12-8-7-9-13-30)61-43(66)35(22-31-16-18-33(63)19-17-31)57-45(68)40(28(2)3)60-42(65)34(56-39(64)26-52-5)14-10-20-54-49(50)51/h7-9,12-13,16-19,25,27-29,34-38,40-41,52,63H,6,10-11,14-15,20-24,26H2,1-5H3,(H,53,55)(H,56,64)(H,57,68)(H,58,69)(H,59,67)(H,60,65)(H,61,66)(H,71,72)(H4,50,51,54)/t29?,34-,35-,36-,37-,38-,40-,41-/m0/s1. The van der Waals surface area contributed by atoms with Gasteiger partial charge in [-0.25, -0.2) is 9.78 Å². The minimum absolute atomic E-state index is 0.0144. The Morgan fingerprint density at radius 2 is 1.40 bits per heavy atom. The number of H-pyrrole nitrogens is 1. The second-order valence-electron chi connectivity index (χ2n) is 18.3. The highest BCUT2D eigenvalue weighted by Crippen LogP contribution is 2.21. The number of hydrogen-bond acceptors (Lipinski definition) is 12. The molecule has 8 atom stereocenters. The lowest BCUT2D eigenvalue weighted by Crippen LogP contribution is -2.62. The SMILES string of the molecule is CCC(C)[C@H](NC(=O)[C@H](Cc1ccc(O)cc1)NC(=O)[C@@H](NC(=O)[C@H](CCCN=C(N)N)NC(=O)CNC)C(C)C)C(=O)N[C@@H](Cc1cnc[nH]1)C(=O)N1CCC[C@H]1C(=O)N[C@@H](Cc1ccccc1)C(=O)O. The first kappa shape index (κ1) is 57.0. The van der Waals surface area contributed by atoms with Gasteiger partial charge in [0.1, 0.15) is 48.0 Å². The summed E-state index contributed by atoms with van der Waals surface area (Å²) >= 11 is 0. The molecule has 1 aliphatic rings. The molecule has 14 N–H and O–H groups in total. The van der Waals surface area contributed by atoms with Crippen molar-refractivity contribution in [3.63, 3.8) is 0 Å². The number of rotatable bonds is 28. The van der Waals surface area contributed by atoms with Gasteiger partial charge in [0.05, 0.1) is 12.9 Å². The van der Waals surface area contributed by atoms with E-state index in [-0.39, 0.29) is 63.4 Å². The number of carboxylic acids is 1. The highest BCUT2D eigenvalue weighted by atomic mass is 16.4. The van der Waals surface area contributed by atoms with Crippen LogP contribution in [-0.2, 0) is 57.6 Å². The summed E-state index contributed by atoms with van der Waals surface area (Å²) < 4.78 is 0. The van der Waals surface area contributed by atoms with E-state index in [0.717, 1.165) is 0 Å². The van der Waals surface area contributed by atoms with Crippen molar-refractivity contribution in [2.75, 3.05) is 26.7 Å². The van der Waals surface area contributed by atoms with Gasteiger partial charge in [-0.3, -0.25) is 38.6 Å². The maximum Gasteiger partial charge on any atom is 0.326 e. The van der Waals surface area contributed by atoms with Gasteiger partial charge < -0.3 is 68.8 Å². The van der Waals surface area contributed by atoms with E-state index in [1.807, 2.05) is 0 Å². The number of phenols is 1. The molecule has 2 aromatic carbocycles. The molecule has 0 aliphatic carbocycles. The molecular weight excluding hydrogens is 931 g/mol. The van der Waals surface area contributed by atoms with Crippen molar-refractivity contribution in [3.8, 4) is 5.75 Å². The lowest BCUT2D eigenvalue weighted by Gasteiger charge is -2.32. The molecule has 2 heterocycles. The highest BCUT2D eigenvalue weighted by Gasteiger charge is 2.41. The number of hydrogen-bond donors (Lipinski definition) is 12. The number of aliphatic imine (C=N–C) groups is 1. The zero-order valence-corrected chi connectivity index (χ0v) is 41.5. The van der Waals surface area contributed by atoms with Crippen molar-refractivity contribution in [2.24, 2.45) is 28.3 Å². The second-order valence-corrected chi connectivity index (χ2v) is 18.3. The number of aromatic hydroxyl groups is 1. The van der Waals surface area contributed by atoms with Gasteiger partial charge in [0, 0.05) is 44.2 Å². The van der Waals surface area contributed by atoms with Crippen LogP contribution in [0.2, 0.25) is 0 Å². The van der Waals surface area contributed by atoms with E-state index in [1.54, 1.807) is 77.2 Å². The van der Waals surface area contributed by atoms with Crippen LogP contribution in [0.5, 0.6) is 5.75 Å². The number of aromatic nitrogens is 2. The van der Waals surface area contributed by atoms with Crippen molar-refractivity contribution >= 4 is 53.3 Å². The second kappa shape index (κ2) is 28.3. The average Bonchev–Trinajstić information content (AvgIpc) is 4.06. The van der Waals surface area contributed by atoms with Crippen LogP contribution < -0.4 is 48.7 Å². The predicted molar refractivity (Wildman–Crippen MR) is 266 cm³/mol. The van der Waals surface area contributed by atoms with Gasteiger partial charge in [-0.2, -0.15) is 0 Å². The summed E-state index contributed by atoms with van der Waals surface area (Å²) in [5.74, 6) is -7.15. The smallest absolute Gasteiger partial charge is 0.326 e. The molecule has 1 aromatic heterocycles. The number of nitrogens with zero attached hydrogens (tertiary/aromatic N) is 3. The summed E-state index contributed by atoms with van der Waals surface area (Å²) in [7, 11) is 1.57. The maximum atomic E-state index is 14.5. The molecule has 1 unspecified atom stereocenters. The third kappa shape index (κ3) is 17.7. The monoisotopic (exact) mass is 1000 g/mol. The lowest BCUT2D eigenvalue weighted by atomic mass is 9.96. The van der Waals surface area contributed by atoms with Gasteiger partial charge in [-0.1, -0.05) is 76.6 Å². The Bertz CT molecular complexity index is 2310. The Hall–Kier alpha value is -7.56. The van der Waals surface area contributed by atoms with E-state index in [1.165, 1.54) is 29.6 Å². The number of phenolic OH excluding ortho intramolecular Hbond substituents is 1. The molecule has 1 saturated heterocycles. The van der Waals surface area contributed by atoms with Crippen LogP contribution in [0.1, 0.15) is 76.6 Å². The van der Waals surface area contributed by atoms with Crippen LogP contribution >= 0.6 is 0 Å². The number of nitrogens with one attached hydrogen (secondary N) is 8. The fourth-order valence-corrected chi connectivity index (χ4v) is 8.16. The largest absolute Gasteiger partial charge is 0.508 e. The molecule has 392 valence electrons. The van der Waals surface area contributed by atoms with Crippen LogP contribution in [0.4, 0.5) is 0 Å². The van der Waals surface area contributed by atoms with Crippen LogP contribution in [0, 0.1) is 11.8 Å². The van der Waals surface area contributed by atoms with Gasteiger partial charge in [0.2, 0.25) is 41.4 Å². The minimum Gasteiger partial charge on any atom is -0.508 e. The molecule has 0 bridgehead atoms. The first-order valence-corrected chi connectivity index (χ1v) is 24.1. The normalized spacial score (nSPS) is 16.1. The summed E-state index contributed by atoms with van der Waals surface area (Å²) in [5, 5.41) is 39.1. The molecule has 1 aliphatic heterocycles. The molecule has 23 nitrogen and oxygen atoms in total. The zero-order chi connectivity index (χ0) is 52.9. The van der Waals surface area contributed by atoms with Gasteiger partial charge >= 0.3 is 5.97 Å². The molecule has 7 amide bonds.